The molecule has 73 heavy (non-hydrogen) atoms. The van der Waals surface area contributed by atoms with Gasteiger partial charge in [0, 0.05) is 52.1 Å². The van der Waals surface area contributed by atoms with Gasteiger partial charge in [-0.25, -0.2) is 0 Å². The summed E-state index contributed by atoms with van der Waals surface area (Å²) in [5.41, 5.74) is -0.640. The molecule has 6 N–H and O–H groups in total. The Morgan fingerprint density at radius 1 is 0.575 bits per heavy atom. The number of anilines is 3. The average Bonchev–Trinajstić information content (AvgIpc) is 3.38. The zero-order valence-corrected chi connectivity index (χ0v) is 41.6. The minimum absolute atomic E-state index is 0.0343. The number of nitrogens with one attached hydrogen (secondary N) is 5. The van der Waals surface area contributed by atoms with Gasteiger partial charge in [-0.3, -0.25) is 24.0 Å². The fraction of sp³-hybridized carbons (Fsp3) is 0.278. The van der Waals surface area contributed by atoms with Gasteiger partial charge < -0.3 is 41.5 Å². The van der Waals surface area contributed by atoms with E-state index in [4.69, 9.17) is 11.6 Å². The van der Waals surface area contributed by atoms with Gasteiger partial charge in [0.25, 0.3) is 29.5 Å². The lowest BCUT2D eigenvalue weighted by atomic mass is 10.0. The molecule has 0 heterocycles. The molecule has 19 heteroatoms. The Bertz CT molecular complexity index is 2850. The number of carbonyl (C=O) groups is 5. The van der Waals surface area contributed by atoms with Gasteiger partial charge >= 0.3 is 6.18 Å². The van der Waals surface area contributed by atoms with Crippen molar-refractivity contribution in [2.45, 2.75) is 46.7 Å². The van der Waals surface area contributed by atoms with Crippen molar-refractivity contribution >= 4 is 80.3 Å². The lowest BCUT2D eigenvalue weighted by Gasteiger charge is -2.17. The maximum atomic E-state index is 13.9. The predicted octanol–water partition coefficient (Wildman–Crippen LogP) is 11.3. The van der Waals surface area contributed by atoms with Crippen LogP contribution in [0.25, 0.3) is 10.8 Å². The standard InChI is InChI=1S/C54H57ClF3N9O6/c1-5-66(6-2)27-11-25-59-49(69)34-15-20-40(21-16-34)61-51(71)37-29-38(52(72)62-41-22-17-35(18-23-41)50(70)60-26-12-28-67(7-3)8-4)31-42(30-37)64-65-47-43-14-10-9-13-36(43)32-44(48(47)68)53(73)63-46-33-39(54(56,57)58)19-24-45(46)55/h9-10,13-24,29-33,68H,5-8,11-12,25-28H2,1-4H3,(H,59,69)(H,60,70)(H,61,71)(H,62,72)(H,63,73). The van der Waals surface area contributed by atoms with Crippen molar-refractivity contribution in [1.29, 1.82) is 0 Å². The van der Waals surface area contributed by atoms with Crippen LogP contribution in [0.2, 0.25) is 5.02 Å². The lowest BCUT2D eigenvalue weighted by molar-refractivity contribution is -0.137. The molecule has 0 radical (unpaired) electrons. The summed E-state index contributed by atoms with van der Waals surface area (Å²) in [5, 5.41) is 34.5. The van der Waals surface area contributed by atoms with Gasteiger partial charge in [0.1, 0.15) is 5.69 Å². The van der Waals surface area contributed by atoms with E-state index in [9.17, 15) is 42.3 Å². The smallest absolute Gasteiger partial charge is 0.416 e. The summed E-state index contributed by atoms with van der Waals surface area (Å²) in [6, 6.07) is 26.8. The molecule has 0 saturated carbocycles. The number of hydrogen-bond acceptors (Lipinski definition) is 10. The topological polar surface area (TPSA) is 197 Å². The van der Waals surface area contributed by atoms with Crippen molar-refractivity contribution in [2.24, 2.45) is 10.2 Å². The summed E-state index contributed by atoms with van der Waals surface area (Å²) < 4.78 is 40.6. The molecule has 0 bridgehead atoms. The van der Waals surface area contributed by atoms with E-state index in [-0.39, 0.29) is 50.6 Å². The van der Waals surface area contributed by atoms with Crippen molar-refractivity contribution < 1.29 is 42.3 Å². The first kappa shape index (κ1) is 54.7. The summed E-state index contributed by atoms with van der Waals surface area (Å²) in [6.07, 6.45) is -3.16. The van der Waals surface area contributed by atoms with E-state index >= 15 is 0 Å². The Balaban J connectivity index is 1.27. The van der Waals surface area contributed by atoms with Crippen LogP contribution in [0, 0.1) is 0 Å². The predicted molar refractivity (Wildman–Crippen MR) is 279 cm³/mol. The molecule has 0 saturated heterocycles. The number of fused-ring (bicyclic) bond motifs is 1. The summed E-state index contributed by atoms with van der Waals surface area (Å²) in [4.78, 5) is 71.7. The van der Waals surface area contributed by atoms with Crippen LogP contribution in [0.4, 0.5) is 41.6 Å². The number of hydrogen-bond donors (Lipinski definition) is 6. The number of rotatable bonds is 22. The molecule has 0 aliphatic rings. The molecular formula is C54H57ClF3N9O6. The molecule has 6 rings (SSSR count). The first-order chi connectivity index (χ1) is 35.0. The molecular weight excluding hydrogens is 963 g/mol. The number of carbonyl (C=O) groups excluding carboxylic acids is 5. The minimum atomic E-state index is -4.73. The summed E-state index contributed by atoms with van der Waals surface area (Å²) in [5.74, 6) is -3.54. The molecule has 0 unspecified atom stereocenters. The average molecular weight is 1020 g/mol. The normalized spacial score (nSPS) is 11.5. The molecule has 0 aliphatic heterocycles. The first-order valence-electron chi connectivity index (χ1n) is 23.8. The molecule has 0 spiro atoms. The molecule has 6 aromatic rings. The van der Waals surface area contributed by atoms with Crippen molar-refractivity contribution in [3.05, 3.63) is 154 Å². The first-order valence-corrected chi connectivity index (χ1v) is 24.2. The number of azo groups is 1. The Labute approximate surface area is 426 Å². The second-order valence-corrected chi connectivity index (χ2v) is 17.2. The van der Waals surface area contributed by atoms with Crippen LogP contribution < -0.4 is 26.6 Å². The molecule has 0 atom stereocenters. The van der Waals surface area contributed by atoms with Gasteiger partial charge in [0.05, 0.1) is 27.5 Å². The molecule has 6 aromatic carbocycles. The highest BCUT2D eigenvalue weighted by Crippen LogP contribution is 2.41. The van der Waals surface area contributed by atoms with Gasteiger partial charge in [0.2, 0.25) is 0 Å². The van der Waals surface area contributed by atoms with E-state index in [1.54, 1.807) is 72.8 Å². The third kappa shape index (κ3) is 14.9. The Morgan fingerprint density at radius 3 is 1.58 bits per heavy atom. The zero-order chi connectivity index (χ0) is 52.7. The molecule has 0 aliphatic carbocycles. The van der Waals surface area contributed by atoms with E-state index in [0.717, 1.165) is 64.2 Å². The zero-order valence-electron chi connectivity index (χ0n) is 40.8. The van der Waals surface area contributed by atoms with E-state index < -0.39 is 35.2 Å². The quantitative estimate of drug-likeness (QED) is 0.0285. The fourth-order valence-corrected chi connectivity index (χ4v) is 7.89. The van der Waals surface area contributed by atoms with Crippen LogP contribution in [-0.2, 0) is 6.18 Å². The van der Waals surface area contributed by atoms with Crippen molar-refractivity contribution in [2.75, 3.05) is 68.3 Å². The van der Waals surface area contributed by atoms with Crippen molar-refractivity contribution in [3.63, 3.8) is 0 Å². The molecule has 0 aromatic heterocycles. The van der Waals surface area contributed by atoms with Gasteiger partial charge in [0.15, 0.2) is 5.75 Å². The Hall–Kier alpha value is -7.67. The van der Waals surface area contributed by atoms with Crippen molar-refractivity contribution in [1.82, 2.24) is 20.4 Å². The molecule has 0 fully saturated rings. The number of aromatic hydroxyl groups is 1. The Morgan fingerprint density at radius 2 is 1.08 bits per heavy atom. The summed E-state index contributed by atoms with van der Waals surface area (Å²) in [6.45, 7) is 14.7. The van der Waals surface area contributed by atoms with Gasteiger partial charge in [-0.1, -0.05) is 63.6 Å². The third-order valence-electron chi connectivity index (χ3n) is 12.0. The summed E-state index contributed by atoms with van der Waals surface area (Å²) in [7, 11) is 0. The van der Waals surface area contributed by atoms with E-state index in [1.165, 1.54) is 24.3 Å². The highest BCUT2D eigenvalue weighted by atomic mass is 35.5. The lowest BCUT2D eigenvalue weighted by Crippen LogP contribution is -2.29. The fourth-order valence-electron chi connectivity index (χ4n) is 7.73. The van der Waals surface area contributed by atoms with Gasteiger partial charge in [-0.05, 0) is 148 Å². The van der Waals surface area contributed by atoms with Crippen LogP contribution in [-0.4, -0.2) is 96.8 Å². The number of benzene rings is 6. The number of halogens is 4. The van der Waals surface area contributed by atoms with Crippen LogP contribution in [0.15, 0.2) is 125 Å². The SMILES string of the molecule is CCN(CC)CCCNC(=O)c1ccc(NC(=O)c2cc(N=Nc3c(O)c(C(=O)Nc4cc(C(F)(F)F)ccc4Cl)cc4ccccc34)cc(C(=O)Nc3ccc(C(=O)NCCCN(CC)CC)cc3)c2)cc1. The van der Waals surface area contributed by atoms with Gasteiger partial charge in [-0.2, -0.15) is 18.3 Å². The Kier molecular flexibility index (Phi) is 19.2. The van der Waals surface area contributed by atoms with Crippen LogP contribution in [0.3, 0.4) is 0 Å². The second-order valence-electron chi connectivity index (χ2n) is 16.8. The maximum Gasteiger partial charge on any atom is 0.416 e. The highest BCUT2D eigenvalue weighted by Gasteiger charge is 2.31. The molecule has 5 amide bonds. The number of phenolic OH excluding ortho intramolecular Hbond substituents is 1. The molecule has 15 nitrogen and oxygen atoms in total. The highest BCUT2D eigenvalue weighted by molar-refractivity contribution is 6.34. The number of nitrogens with zero attached hydrogens (tertiary/aromatic N) is 4. The monoisotopic (exact) mass is 1020 g/mol. The van der Waals surface area contributed by atoms with E-state index in [1.807, 2.05) is 0 Å². The summed E-state index contributed by atoms with van der Waals surface area (Å²) >= 11 is 6.16. The minimum Gasteiger partial charge on any atom is -0.505 e. The van der Waals surface area contributed by atoms with E-state index in [2.05, 4.69) is 74.3 Å². The maximum absolute atomic E-state index is 13.9. The third-order valence-corrected chi connectivity index (χ3v) is 12.3. The number of alkyl halides is 3. The number of phenols is 1. The van der Waals surface area contributed by atoms with Crippen LogP contribution >= 0.6 is 11.6 Å². The van der Waals surface area contributed by atoms with Crippen LogP contribution in [0.1, 0.15) is 97.9 Å². The van der Waals surface area contributed by atoms with E-state index in [0.29, 0.717) is 52.4 Å². The van der Waals surface area contributed by atoms with Crippen molar-refractivity contribution in [3.8, 4) is 5.75 Å². The molecule has 382 valence electrons. The second kappa shape index (κ2) is 25.6. The largest absolute Gasteiger partial charge is 0.505 e. The number of amides is 5. The van der Waals surface area contributed by atoms with Crippen LogP contribution in [0.5, 0.6) is 5.75 Å². The van der Waals surface area contributed by atoms with Gasteiger partial charge in [-0.15, -0.1) is 5.11 Å².